The van der Waals surface area contributed by atoms with E-state index in [2.05, 4.69) is 5.32 Å². The van der Waals surface area contributed by atoms with E-state index < -0.39 is 12.8 Å². The molecule has 0 spiro atoms. The summed E-state index contributed by atoms with van der Waals surface area (Å²) in [5.41, 5.74) is 2.25. The number of alkyl halides is 3. The van der Waals surface area contributed by atoms with Crippen molar-refractivity contribution in [2.45, 2.75) is 31.5 Å². The number of halogens is 3. The Kier molecular flexibility index (Phi) is 3.80. The number of nitrogens with one attached hydrogen (secondary N) is 1. The van der Waals surface area contributed by atoms with Crippen molar-refractivity contribution >= 4 is 0 Å². The van der Waals surface area contributed by atoms with Crippen molar-refractivity contribution in [3.8, 4) is 5.75 Å². The minimum Gasteiger partial charge on any atom is -0.484 e. The number of aryl methyl sites for hydroxylation is 1. The second kappa shape index (κ2) is 5.18. The fraction of sp³-hybridized carbons (Fsp3) is 0.538. The van der Waals surface area contributed by atoms with Crippen LogP contribution in [-0.4, -0.2) is 19.8 Å². The van der Waals surface area contributed by atoms with Crippen LogP contribution in [0.5, 0.6) is 5.75 Å². The molecule has 0 amide bonds. The monoisotopic (exact) mass is 259 g/mol. The Morgan fingerprint density at radius 3 is 2.83 bits per heavy atom. The molecule has 100 valence electrons. The van der Waals surface area contributed by atoms with Crippen LogP contribution in [0.15, 0.2) is 18.2 Å². The average molecular weight is 259 g/mol. The number of hydrogen-bond donors (Lipinski definition) is 1. The van der Waals surface area contributed by atoms with E-state index in [1.807, 2.05) is 13.1 Å². The summed E-state index contributed by atoms with van der Waals surface area (Å²) in [5, 5.41) is 3.22. The van der Waals surface area contributed by atoms with Crippen LogP contribution < -0.4 is 10.1 Å². The van der Waals surface area contributed by atoms with Crippen molar-refractivity contribution in [1.29, 1.82) is 0 Å². The fourth-order valence-corrected chi connectivity index (χ4v) is 2.35. The third kappa shape index (κ3) is 3.16. The van der Waals surface area contributed by atoms with Crippen LogP contribution in [0.25, 0.3) is 0 Å². The molecule has 2 nitrogen and oxygen atoms in total. The molecule has 0 saturated heterocycles. The summed E-state index contributed by atoms with van der Waals surface area (Å²) in [6.45, 7) is -1.23. The third-order valence-corrected chi connectivity index (χ3v) is 3.18. The van der Waals surface area contributed by atoms with Crippen molar-refractivity contribution in [3.05, 3.63) is 29.3 Å². The number of ether oxygens (including phenoxy) is 1. The highest BCUT2D eigenvalue weighted by molar-refractivity contribution is 5.39. The summed E-state index contributed by atoms with van der Waals surface area (Å²) in [6.07, 6.45) is -1.28. The Hall–Kier alpha value is -1.23. The van der Waals surface area contributed by atoms with Gasteiger partial charge in [-0.1, -0.05) is 6.07 Å². The van der Waals surface area contributed by atoms with Crippen LogP contribution >= 0.6 is 0 Å². The van der Waals surface area contributed by atoms with Crippen molar-refractivity contribution in [1.82, 2.24) is 5.32 Å². The Morgan fingerprint density at radius 2 is 2.17 bits per heavy atom. The summed E-state index contributed by atoms with van der Waals surface area (Å²) >= 11 is 0. The summed E-state index contributed by atoms with van der Waals surface area (Å²) in [6, 6.07) is 5.50. The molecular weight excluding hydrogens is 243 g/mol. The Bertz CT molecular complexity index is 417. The largest absolute Gasteiger partial charge is 0.484 e. The predicted octanol–water partition coefficient (Wildman–Crippen LogP) is 3.22. The topological polar surface area (TPSA) is 21.3 Å². The normalized spacial score (nSPS) is 19.4. The van der Waals surface area contributed by atoms with Gasteiger partial charge in [0.05, 0.1) is 0 Å². The lowest BCUT2D eigenvalue weighted by Crippen LogP contribution is -2.22. The molecule has 0 bridgehead atoms. The van der Waals surface area contributed by atoms with E-state index in [1.165, 1.54) is 5.56 Å². The van der Waals surface area contributed by atoms with Gasteiger partial charge in [0.2, 0.25) is 0 Å². The SMILES string of the molecule is CNC1CCCc2cc(OCC(F)(F)F)ccc21. The molecule has 0 aliphatic heterocycles. The van der Waals surface area contributed by atoms with Gasteiger partial charge >= 0.3 is 6.18 Å². The fourth-order valence-electron chi connectivity index (χ4n) is 2.35. The third-order valence-electron chi connectivity index (χ3n) is 3.18. The first-order valence-corrected chi connectivity index (χ1v) is 5.99. The number of rotatable bonds is 3. The molecule has 2 rings (SSSR count). The van der Waals surface area contributed by atoms with Crippen molar-refractivity contribution in [2.75, 3.05) is 13.7 Å². The van der Waals surface area contributed by atoms with Gasteiger partial charge in [-0.25, -0.2) is 0 Å². The highest BCUT2D eigenvalue weighted by Crippen LogP contribution is 2.32. The van der Waals surface area contributed by atoms with E-state index in [0.717, 1.165) is 24.8 Å². The van der Waals surface area contributed by atoms with Gasteiger partial charge < -0.3 is 10.1 Å². The molecule has 0 fully saturated rings. The lowest BCUT2D eigenvalue weighted by Gasteiger charge is -2.25. The van der Waals surface area contributed by atoms with Crippen molar-refractivity contribution in [3.63, 3.8) is 0 Å². The average Bonchev–Trinajstić information content (AvgIpc) is 2.34. The van der Waals surface area contributed by atoms with Crippen LogP contribution in [0.3, 0.4) is 0 Å². The van der Waals surface area contributed by atoms with Crippen LogP contribution in [0.4, 0.5) is 13.2 Å². The molecule has 0 saturated carbocycles. The summed E-state index contributed by atoms with van der Waals surface area (Å²) in [4.78, 5) is 0. The minimum atomic E-state index is -4.29. The summed E-state index contributed by atoms with van der Waals surface area (Å²) < 4.78 is 40.9. The molecular formula is C13H16F3NO. The molecule has 0 heterocycles. The molecule has 1 unspecified atom stereocenters. The van der Waals surface area contributed by atoms with E-state index in [4.69, 9.17) is 4.74 Å². The van der Waals surface area contributed by atoms with Gasteiger partial charge in [0.25, 0.3) is 0 Å². The Morgan fingerprint density at radius 1 is 1.39 bits per heavy atom. The molecule has 1 aliphatic rings. The zero-order valence-corrected chi connectivity index (χ0v) is 10.2. The van der Waals surface area contributed by atoms with Crippen LogP contribution in [0, 0.1) is 0 Å². The van der Waals surface area contributed by atoms with Gasteiger partial charge in [0.15, 0.2) is 6.61 Å². The van der Waals surface area contributed by atoms with E-state index >= 15 is 0 Å². The maximum atomic E-state index is 12.1. The van der Waals surface area contributed by atoms with Gasteiger partial charge in [-0.3, -0.25) is 0 Å². The van der Waals surface area contributed by atoms with E-state index in [-0.39, 0.29) is 0 Å². The smallest absolute Gasteiger partial charge is 0.422 e. The molecule has 1 aliphatic carbocycles. The number of benzene rings is 1. The minimum absolute atomic E-state index is 0.294. The van der Waals surface area contributed by atoms with Crippen LogP contribution in [0.2, 0.25) is 0 Å². The first-order valence-electron chi connectivity index (χ1n) is 5.99. The van der Waals surface area contributed by atoms with Gasteiger partial charge in [-0.05, 0) is 49.6 Å². The highest BCUT2D eigenvalue weighted by atomic mass is 19.4. The number of hydrogen-bond acceptors (Lipinski definition) is 2. The van der Waals surface area contributed by atoms with E-state index in [1.54, 1.807) is 12.1 Å². The van der Waals surface area contributed by atoms with Gasteiger partial charge in [0.1, 0.15) is 5.75 Å². The lowest BCUT2D eigenvalue weighted by atomic mass is 9.87. The molecule has 1 N–H and O–H groups in total. The zero-order valence-electron chi connectivity index (χ0n) is 10.2. The predicted molar refractivity (Wildman–Crippen MR) is 62.7 cm³/mol. The zero-order chi connectivity index (χ0) is 13.2. The molecule has 1 atom stereocenters. The van der Waals surface area contributed by atoms with Crippen LogP contribution in [-0.2, 0) is 6.42 Å². The second-order valence-electron chi connectivity index (χ2n) is 4.50. The molecule has 1 aromatic rings. The van der Waals surface area contributed by atoms with Crippen molar-refractivity contribution < 1.29 is 17.9 Å². The van der Waals surface area contributed by atoms with E-state index in [0.29, 0.717) is 11.8 Å². The van der Waals surface area contributed by atoms with Crippen LogP contribution in [0.1, 0.15) is 30.0 Å². The molecule has 0 aromatic heterocycles. The molecule has 0 radical (unpaired) electrons. The maximum Gasteiger partial charge on any atom is 0.422 e. The van der Waals surface area contributed by atoms with Crippen molar-refractivity contribution in [2.24, 2.45) is 0 Å². The van der Waals surface area contributed by atoms with Gasteiger partial charge in [0, 0.05) is 6.04 Å². The standard InChI is InChI=1S/C13H16F3NO/c1-17-12-4-2-3-9-7-10(5-6-11(9)12)18-8-13(14,15)16/h5-7,12,17H,2-4,8H2,1H3. The lowest BCUT2D eigenvalue weighted by molar-refractivity contribution is -0.153. The summed E-state index contributed by atoms with van der Waals surface area (Å²) in [7, 11) is 1.90. The highest BCUT2D eigenvalue weighted by Gasteiger charge is 2.28. The Balaban J connectivity index is 2.12. The first-order chi connectivity index (χ1) is 8.49. The quantitative estimate of drug-likeness (QED) is 0.899. The molecule has 18 heavy (non-hydrogen) atoms. The van der Waals surface area contributed by atoms with E-state index in [9.17, 15) is 13.2 Å². The second-order valence-corrected chi connectivity index (χ2v) is 4.50. The molecule has 1 aromatic carbocycles. The number of fused-ring (bicyclic) bond motifs is 1. The summed E-state index contributed by atoms with van der Waals surface area (Å²) in [5.74, 6) is 0.294. The van der Waals surface area contributed by atoms with Gasteiger partial charge in [-0.15, -0.1) is 0 Å². The first kappa shape index (κ1) is 13.2. The Labute approximate surface area is 104 Å². The molecule has 5 heteroatoms. The van der Waals surface area contributed by atoms with Gasteiger partial charge in [-0.2, -0.15) is 13.2 Å². The maximum absolute atomic E-state index is 12.1.